The lowest BCUT2D eigenvalue weighted by Gasteiger charge is -2.21. The molecule has 0 saturated carbocycles. The Morgan fingerprint density at radius 3 is 2.46 bits per heavy atom. The van der Waals surface area contributed by atoms with Gasteiger partial charge in [0.05, 0.1) is 12.5 Å². The fraction of sp³-hybridized carbons (Fsp3) is 0.150. The highest BCUT2D eigenvalue weighted by atomic mass is 35.5. The highest BCUT2D eigenvalue weighted by Gasteiger charge is 2.16. The van der Waals surface area contributed by atoms with Crippen LogP contribution >= 0.6 is 11.6 Å². The molecule has 0 heterocycles. The highest BCUT2D eigenvalue weighted by molar-refractivity contribution is 6.30. The molecule has 0 spiro atoms. The molecule has 132 valence electrons. The Morgan fingerprint density at radius 2 is 1.81 bits per heavy atom. The van der Waals surface area contributed by atoms with Crippen molar-refractivity contribution in [1.29, 1.82) is 5.26 Å². The molecule has 0 N–H and O–H groups in total. The van der Waals surface area contributed by atoms with Gasteiger partial charge in [-0.3, -0.25) is 4.79 Å². The number of esters is 1. The van der Waals surface area contributed by atoms with Crippen molar-refractivity contribution < 1.29 is 14.3 Å². The van der Waals surface area contributed by atoms with Gasteiger partial charge in [0.25, 0.3) is 5.91 Å². The molecule has 1 amide bonds. The number of amides is 1. The number of hydrogen-bond acceptors (Lipinski definition) is 4. The van der Waals surface area contributed by atoms with Crippen LogP contribution < -0.4 is 4.90 Å². The number of para-hydroxylation sites is 1. The Balaban J connectivity index is 1.93. The third-order valence-corrected chi connectivity index (χ3v) is 3.69. The zero-order chi connectivity index (χ0) is 18.8. The van der Waals surface area contributed by atoms with Crippen LogP contribution in [0.1, 0.15) is 12.0 Å². The third-order valence-electron chi connectivity index (χ3n) is 3.44. The fourth-order valence-corrected chi connectivity index (χ4v) is 2.29. The molecule has 0 atom stereocenters. The predicted molar refractivity (Wildman–Crippen MR) is 100 cm³/mol. The van der Waals surface area contributed by atoms with E-state index in [1.54, 1.807) is 54.6 Å². The number of ether oxygens (including phenoxy) is 1. The standard InChI is InChI=1S/C20H17ClN2O3/c21-17-10-7-16(8-11-17)9-12-20(25)26-15-19(24)23(14-4-13-22)18-5-2-1-3-6-18/h1-3,5-12H,4,14-15H2/b12-9+. The van der Waals surface area contributed by atoms with E-state index in [4.69, 9.17) is 21.6 Å². The molecule has 0 aliphatic heterocycles. The quantitative estimate of drug-likeness (QED) is 0.550. The number of benzene rings is 2. The van der Waals surface area contributed by atoms with E-state index in [1.165, 1.54) is 11.0 Å². The monoisotopic (exact) mass is 368 g/mol. The first-order valence-electron chi connectivity index (χ1n) is 7.93. The molecule has 0 radical (unpaired) electrons. The number of carbonyl (C=O) groups is 2. The van der Waals surface area contributed by atoms with Gasteiger partial charge in [-0.2, -0.15) is 5.26 Å². The van der Waals surface area contributed by atoms with E-state index in [2.05, 4.69) is 0 Å². The molecule has 0 saturated heterocycles. The van der Waals surface area contributed by atoms with Crippen LogP contribution in [0.25, 0.3) is 6.08 Å². The second-order valence-electron chi connectivity index (χ2n) is 5.28. The van der Waals surface area contributed by atoms with Crippen LogP contribution in [0.5, 0.6) is 0 Å². The van der Waals surface area contributed by atoms with Crippen LogP contribution in [-0.4, -0.2) is 25.0 Å². The van der Waals surface area contributed by atoms with E-state index in [0.717, 1.165) is 5.56 Å². The summed E-state index contributed by atoms with van der Waals surface area (Å²) in [6.07, 6.45) is 3.01. The lowest BCUT2D eigenvalue weighted by molar-refractivity contribution is -0.142. The van der Waals surface area contributed by atoms with Gasteiger partial charge in [0.1, 0.15) is 0 Å². The van der Waals surface area contributed by atoms with Gasteiger partial charge >= 0.3 is 5.97 Å². The van der Waals surface area contributed by atoms with E-state index in [-0.39, 0.29) is 18.9 Å². The Bertz CT molecular complexity index is 811. The minimum atomic E-state index is -0.624. The summed E-state index contributed by atoms with van der Waals surface area (Å²) in [6.45, 7) is -0.165. The molecule has 0 aliphatic carbocycles. The largest absolute Gasteiger partial charge is 0.452 e. The number of anilines is 1. The van der Waals surface area contributed by atoms with Crippen molar-refractivity contribution in [3.63, 3.8) is 0 Å². The molecule has 6 heteroatoms. The second kappa shape index (κ2) is 10.0. The maximum absolute atomic E-state index is 12.4. The molecule has 0 aliphatic rings. The number of halogens is 1. The van der Waals surface area contributed by atoms with Gasteiger partial charge in [-0.25, -0.2) is 4.79 Å². The molecule has 2 rings (SSSR count). The molecule has 0 aromatic heterocycles. The number of nitriles is 1. The summed E-state index contributed by atoms with van der Waals surface area (Å²) >= 11 is 5.80. The predicted octanol–water partition coefficient (Wildman–Crippen LogP) is 3.84. The Labute approximate surface area is 157 Å². The minimum Gasteiger partial charge on any atom is -0.452 e. The van der Waals surface area contributed by atoms with Crippen LogP contribution in [0.4, 0.5) is 5.69 Å². The van der Waals surface area contributed by atoms with E-state index in [1.807, 2.05) is 12.1 Å². The molecule has 2 aromatic rings. The first-order chi connectivity index (χ1) is 12.6. The van der Waals surface area contributed by atoms with Gasteiger partial charge in [-0.05, 0) is 35.9 Å². The zero-order valence-corrected chi connectivity index (χ0v) is 14.7. The third kappa shape index (κ3) is 6.08. The Morgan fingerprint density at radius 1 is 1.12 bits per heavy atom. The normalized spacial score (nSPS) is 10.3. The molecule has 0 bridgehead atoms. The molecular formula is C20H17ClN2O3. The SMILES string of the molecule is N#CCCN(C(=O)COC(=O)/C=C/c1ccc(Cl)cc1)c1ccccc1. The lowest BCUT2D eigenvalue weighted by atomic mass is 10.2. The van der Waals surface area contributed by atoms with Gasteiger partial charge < -0.3 is 9.64 Å². The van der Waals surface area contributed by atoms with Crippen molar-refractivity contribution >= 4 is 35.2 Å². The molecule has 5 nitrogen and oxygen atoms in total. The molecule has 0 unspecified atom stereocenters. The number of nitrogens with zero attached hydrogens (tertiary/aromatic N) is 2. The van der Waals surface area contributed by atoms with E-state index < -0.39 is 12.6 Å². The Hall–Kier alpha value is -3.10. The summed E-state index contributed by atoms with van der Waals surface area (Å²) in [5, 5.41) is 9.37. The van der Waals surface area contributed by atoms with Crippen LogP contribution in [0.2, 0.25) is 5.02 Å². The van der Waals surface area contributed by atoms with Crippen LogP contribution in [-0.2, 0) is 14.3 Å². The maximum Gasteiger partial charge on any atom is 0.331 e. The van der Waals surface area contributed by atoms with Gasteiger partial charge in [0, 0.05) is 23.3 Å². The molecule has 2 aromatic carbocycles. The summed E-state index contributed by atoms with van der Waals surface area (Å²) in [4.78, 5) is 25.6. The molecule has 26 heavy (non-hydrogen) atoms. The second-order valence-corrected chi connectivity index (χ2v) is 5.72. The molecule has 0 fully saturated rings. The summed E-state index contributed by atoms with van der Waals surface area (Å²) in [6, 6.07) is 17.9. The highest BCUT2D eigenvalue weighted by Crippen LogP contribution is 2.14. The van der Waals surface area contributed by atoms with Crippen molar-refractivity contribution in [3.05, 3.63) is 71.3 Å². The summed E-state index contributed by atoms with van der Waals surface area (Å²) < 4.78 is 5.01. The zero-order valence-electron chi connectivity index (χ0n) is 14.0. The van der Waals surface area contributed by atoms with Gasteiger partial charge in [0.2, 0.25) is 0 Å². The first-order valence-corrected chi connectivity index (χ1v) is 8.30. The average molecular weight is 369 g/mol. The number of rotatable bonds is 7. The summed E-state index contributed by atoms with van der Waals surface area (Å²) in [5.74, 6) is -1.01. The fourth-order valence-electron chi connectivity index (χ4n) is 2.16. The lowest BCUT2D eigenvalue weighted by Crippen LogP contribution is -2.35. The van der Waals surface area contributed by atoms with Crippen molar-refractivity contribution in [2.75, 3.05) is 18.1 Å². The van der Waals surface area contributed by atoms with Gasteiger partial charge in [0.15, 0.2) is 6.61 Å². The maximum atomic E-state index is 12.4. The van der Waals surface area contributed by atoms with E-state index in [9.17, 15) is 9.59 Å². The van der Waals surface area contributed by atoms with Gasteiger partial charge in [-0.15, -0.1) is 0 Å². The van der Waals surface area contributed by atoms with Crippen LogP contribution in [0, 0.1) is 11.3 Å². The Kier molecular flexibility index (Phi) is 7.41. The van der Waals surface area contributed by atoms with Crippen molar-refractivity contribution in [3.8, 4) is 6.07 Å². The van der Waals surface area contributed by atoms with E-state index in [0.29, 0.717) is 10.7 Å². The van der Waals surface area contributed by atoms with Crippen LogP contribution in [0.15, 0.2) is 60.7 Å². The van der Waals surface area contributed by atoms with Crippen molar-refractivity contribution in [2.24, 2.45) is 0 Å². The summed E-state index contributed by atoms with van der Waals surface area (Å²) in [5.41, 5.74) is 1.44. The minimum absolute atomic E-state index is 0.186. The van der Waals surface area contributed by atoms with Crippen molar-refractivity contribution in [1.82, 2.24) is 0 Å². The van der Waals surface area contributed by atoms with Crippen LogP contribution in [0.3, 0.4) is 0 Å². The summed E-state index contributed by atoms with van der Waals surface area (Å²) in [7, 11) is 0. The smallest absolute Gasteiger partial charge is 0.331 e. The first kappa shape index (κ1) is 19.2. The van der Waals surface area contributed by atoms with E-state index >= 15 is 0 Å². The molecular weight excluding hydrogens is 352 g/mol. The number of carbonyl (C=O) groups excluding carboxylic acids is 2. The average Bonchev–Trinajstić information content (AvgIpc) is 2.67. The van der Waals surface area contributed by atoms with Crippen molar-refractivity contribution in [2.45, 2.75) is 6.42 Å². The number of hydrogen-bond donors (Lipinski definition) is 0. The topological polar surface area (TPSA) is 70.4 Å². The van der Waals surface area contributed by atoms with Gasteiger partial charge in [-0.1, -0.05) is 41.9 Å².